The lowest BCUT2D eigenvalue weighted by molar-refractivity contribution is 0.0270. The molecule has 2 aliphatic rings. The average Bonchev–Trinajstić information content (AvgIpc) is 3.55. The second-order valence-corrected chi connectivity index (χ2v) is 13.2. The van der Waals surface area contributed by atoms with Gasteiger partial charge in [-0.2, -0.15) is 0 Å². The van der Waals surface area contributed by atoms with Crippen LogP contribution in [0.3, 0.4) is 0 Å². The van der Waals surface area contributed by atoms with Crippen LogP contribution in [0.25, 0.3) is 31.6 Å². The summed E-state index contributed by atoms with van der Waals surface area (Å²) in [6.45, 7) is 8.80. The van der Waals surface area contributed by atoms with Gasteiger partial charge in [0.1, 0.15) is 26.6 Å². The molecular formula is C29H30Cl2N4O2S2. The van der Waals surface area contributed by atoms with Gasteiger partial charge in [0.15, 0.2) is 0 Å². The molecule has 0 fully saturated rings. The molecule has 0 aliphatic carbocycles. The molecule has 39 heavy (non-hydrogen) atoms. The van der Waals surface area contributed by atoms with E-state index in [4.69, 9.17) is 27.9 Å². The van der Waals surface area contributed by atoms with Crippen molar-refractivity contribution in [2.75, 3.05) is 26.2 Å². The van der Waals surface area contributed by atoms with Gasteiger partial charge in [-0.05, 0) is 75.6 Å². The summed E-state index contributed by atoms with van der Waals surface area (Å²) in [5, 5.41) is 6.83. The van der Waals surface area contributed by atoms with E-state index in [-0.39, 0.29) is 6.09 Å². The van der Waals surface area contributed by atoms with Crippen LogP contribution in [0, 0.1) is 0 Å². The Labute approximate surface area is 246 Å². The monoisotopic (exact) mass is 600 g/mol. The highest BCUT2D eigenvalue weighted by atomic mass is 35.5. The molecule has 0 bridgehead atoms. The molecule has 1 N–H and O–H groups in total. The minimum Gasteiger partial charge on any atom is -0.444 e. The number of ether oxygens (including phenoxy) is 1. The zero-order chi connectivity index (χ0) is 27.6. The van der Waals surface area contributed by atoms with Crippen molar-refractivity contribution in [1.82, 2.24) is 20.2 Å². The predicted octanol–water partition coefficient (Wildman–Crippen LogP) is 8.30. The number of hydrogen-bond donors (Lipinski definition) is 1. The Morgan fingerprint density at radius 3 is 1.97 bits per heavy atom. The first-order chi connectivity index (χ1) is 18.7. The Bertz CT molecular complexity index is 1570. The minimum atomic E-state index is -0.467. The molecule has 0 saturated heterocycles. The first-order valence-electron chi connectivity index (χ1n) is 12.9. The SMILES string of the molecule is CC(C)(C)OC(=O)N1CC=C(c2nc3c(Cl)cccc3s2)CC1.Clc1cccc2sc(C3=CCNCC3)nc12. The summed E-state index contributed by atoms with van der Waals surface area (Å²) in [5.41, 5.74) is 3.83. The largest absolute Gasteiger partial charge is 0.444 e. The Balaban J connectivity index is 0.000000168. The zero-order valence-corrected chi connectivity index (χ0v) is 25.2. The van der Waals surface area contributed by atoms with E-state index >= 15 is 0 Å². The van der Waals surface area contributed by atoms with Gasteiger partial charge in [0.2, 0.25) is 0 Å². The van der Waals surface area contributed by atoms with Crippen LogP contribution in [0.5, 0.6) is 0 Å². The molecule has 2 aliphatic heterocycles. The fourth-order valence-electron chi connectivity index (χ4n) is 4.28. The third-order valence-electron chi connectivity index (χ3n) is 6.21. The number of para-hydroxylation sites is 2. The maximum Gasteiger partial charge on any atom is 0.410 e. The molecule has 0 saturated carbocycles. The zero-order valence-electron chi connectivity index (χ0n) is 22.1. The van der Waals surface area contributed by atoms with Crippen molar-refractivity contribution in [3.05, 3.63) is 68.6 Å². The quantitative estimate of drug-likeness (QED) is 0.250. The number of hydrogen-bond acceptors (Lipinski definition) is 7. The Kier molecular flexibility index (Phi) is 8.59. The number of carbonyl (C=O) groups excluding carboxylic acids is 1. The second kappa shape index (κ2) is 11.9. The van der Waals surface area contributed by atoms with Crippen LogP contribution in [-0.2, 0) is 4.74 Å². The van der Waals surface area contributed by atoms with Crippen LogP contribution < -0.4 is 5.32 Å². The number of fused-ring (bicyclic) bond motifs is 2. The summed E-state index contributed by atoms with van der Waals surface area (Å²) in [7, 11) is 0. The summed E-state index contributed by atoms with van der Waals surface area (Å²) < 4.78 is 7.66. The summed E-state index contributed by atoms with van der Waals surface area (Å²) in [5.74, 6) is 0. The standard InChI is InChI=1S/C17H19ClN2O2S.C12H11ClN2S/c1-17(2,3)22-16(21)20-9-7-11(8-10-20)15-19-14-12(18)5-4-6-13(14)23-15;13-9-2-1-3-10-11(9)15-12(16-10)8-4-6-14-7-5-8/h4-7H,8-10H2,1-3H3;1-4,14H,5-7H2. The van der Waals surface area contributed by atoms with E-state index in [2.05, 4.69) is 33.5 Å². The normalized spacial score (nSPS) is 16.0. The molecule has 1 amide bonds. The molecule has 4 heterocycles. The van der Waals surface area contributed by atoms with Crippen molar-refractivity contribution in [2.24, 2.45) is 0 Å². The van der Waals surface area contributed by atoms with Crippen LogP contribution in [0.1, 0.15) is 43.6 Å². The third kappa shape index (κ3) is 6.81. The maximum absolute atomic E-state index is 12.1. The van der Waals surface area contributed by atoms with E-state index in [1.54, 1.807) is 27.6 Å². The van der Waals surface area contributed by atoms with Gasteiger partial charge >= 0.3 is 6.09 Å². The molecule has 0 atom stereocenters. The first-order valence-corrected chi connectivity index (χ1v) is 15.2. The van der Waals surface area contributed by atoms with Crippen molar-refractivity contribution >= 4 is 83.5 Å². The number of nitrogens with one attached hydrogen (secondary N) is 1. The maximum atomic E-state index is 12.1. The number of amides is 1. The molecule has 2 aromatic carbocycles. The van der Waals surface area contributed by atoms with Crippen LogP contribution >= 0.6 is 45.9 Å². The second-order valence-electron chi connectivity index (χ2n) is 10.3. The highest BCUT2D eigenvalue weighted by Gasteiger charge is 2.24. The van der Waals surface area contributed by atoms with Crippen molar-refractivity contribution in [2.45, 2.75) is 39.2 Å². The Morgan fingerprint density at radius 2 is 1.51 bits per heavy atom. The molecule has 2 aromatic heterocycles. The number of carbonyl (C=O) groups is 1. The van der Waals surface area contributed by atoms with Gasteiger partial charge in [0, 0.05) is 19.6 Å². The summed E-state index contributed by atoms with van der Waals surface area (Å²) in [4.78, 5) is 23.1. The summed E-state index contributed by atoms with van der Waals surface area (Å²) >= 11 is 15.7. The molecule has 4 aromatic rings. The number of rotatable bonds is 2. The van der Waals surface area contributed by atoms with E-state index in [0.717, 1.165) is 56.7 Å². The van der Waals surface area contributed by atoms with Crippen molar-refractivity contribution < 1.29 is 9.53 Å². The van der Waals surface area contributed by atoms with Gasteiger partial charge in [0.25, 0.3) is 0 Å². The van der Waals surface area contributed by atoms with E-state index in [1.165, 1.54) is 15.8 Å². The molecule has 0 spiro atoms. The van der Waals surface area contributed by atoms with Gasteiger partial charge in [0.05, 0.1) is 19.4 Å². The predicted molar refractivity (Wildman–Crippen MR) is 165 cm³/mol. The van der Waals surface area contributed by atoms with Gasteiger partial charge in [-0.15, -0.1) is 22.7 Å². The summed E-state index contributed by atoms with van der Waals surface area (Å²) in [6, 6.07) is 11.8. The smallest absolute Gasteiger partial charge is 0.410 e. The van der Waals surface area contributed by atoms with Crippen LogP contribution in [0.4, 0.5) is 4.79 Å². The van der Waals surface area contributed by atoms with Gasteiger partial charge < -0.3 is 15.0 Å². The molecule has 204 valence electrons. The number of aromatic nitrogens is 2. The molecule has 10 heteroatoms. The highest BCUT2D eigenvalue weighted by Crippen LogP contribution is 2.34. The van der Waals surface area contributed by atoms with Crippen LogP contribution in [0.2, 0.25) is 10.0 Å². The number of nitrogens with zero attached hydrogens (tertiary/aromatic N) is 3. The van der Waals surface area contributed by atoms with Crippen molar-refractivity contribution in [3.8, 4) is 0 Å². The summed E-state index contributed by atoms with van der Waals surface area (Å²) in [6.07, 6.45) is 5.84. The van der Waals surface area contributed by atoms with Crippen molar-refractivity contribution in [1.29, 1.82) is 0 Å². The number of halogens is 2. The van der Waals surface area contributed by atoms with Crippen LogP contribution in [0.15, 0.2) is 48.6 Å². The number of benzene rings is 2. The van der Waals surface area contributed by atoms with Gasteiger partial charge in [-0.25, -0.2) is 14.8 Å². The van der Waals surface area contributed by atoms with Crippen LogP contribution in [-0.4, -0.2) is 52.7 Å². The lowest BCUT2D eigenvalue weighted by Crippen LogP contribution is -2.39. The lowest BCUT2D eigenvalue weighted by Gasteiger charge is -2.29. The third-order valence-corrected chi connectivity index (χ3v) is 9.02. The lowest BCUT2D eigenvalue weighted by atomic mass is 10.1. The molecule has 0 radical (unpaired) electrons. The van der Waals surface area contributed by atoms with E-state index in [9.17, 15) is 4.79 Å². The van der Waals surface area contributed by atoms with Gasteiger partial charge in [-0.3, -0.25) is 0 Å². The van der Waals surface area contributed by atoms with Gasteiger partial charge in [-0.1, -0.05) is 47.5 Å². The average molecular weight is 602 g/mol. The molecular weight excluding hydrogens is 571 g/mol. The topological polar surface area (TPSA) is 67.3 Å². The van der Waals surface area contributed by atoms with E-state index < -0.39 is 5.60 Å². The minimum absolute atomic E-state index is 0.264. The fraction of sp³-hybridized carbons (Fsp3) is 0.345. The first kappa shape index (κ1) is 28.1. The van der Waals surface area contributed by atoms with E-state index in [0.29, 0.717) is 18.1 Å². The Morgan fingerprint density at radius 1 is 0.923 bits per heavy atom. The Hall–Kier alpha value is -2.49. The van der Waals surface area contributed by atoms with E-state index in [1.807, 2.05) is 51.1 Å². The number of thiazole rings is 2. The molecule has 6 nitrogen and oxygen atoms in total. The molecule has 6 rings (SSSR count). The fourth-order valence-corrected chi connectivity index (χ4v) is 6.94. The highest BCUT2D eigenvalue weighted by molar-refractivity contribution is 7.20. The molecule has 0 unspecified atom stereocenters. The van der Waals surface area contributed by atoms with Crippen molar-refractivity contribution in [3.63, 3.8) is 0 Å².